The summed E-state index contributed by atoms with van der Waals surface area (Å²) >= 11 is 0. The quantitative estimate of drug-likeness (QED) is 0.191. The van der Waals surface area contributed by atoms with Crippen LogP contribution in [-0.2, 0) is 34.8 Å². The minimum Gasteiger partial charge on any atom is -0.480 e. The molecule has 2 aromatic heterocycles. The number of carbonyl (C=O) groups excluding carboxylic acids is 1. The molecule has 0 unspecified atom stereocenters. The molecule has 5 N–H and O–H groups in total. The smallest absolute Gasteiger partial charge is 0.322 e. The third-order valence-corrected chi connectivity index (χ3v) is 7.66. The SMILES string of the molecule is Cc1c(S(=O)(=O)N[C@@H](Cc2ccc(-c3cccc(NC(=O)NCc4ccccn4)c3)cc2)C(=O)O)[nH]c[n+]1C. The Labute approximate surface area is 226 Å². The number of benzene rings is 2. The van der Waals surface area contributed by atoms with E-state index in [0.29, 0.717) is 23.5 Å². The summed E-state index contributed by atoms with van der Waals surface area (Å²) < 4.78 is 29.4. The van der Waals surface area contributed by atoms with E-state index in [-0.39, 0.29) is 17.5 Å². The Kier molecular flexibility index (Phi) is 8.37. The number of hydrogen-bond acceptors (Lipinski definition) is 5. The van der Waals surface area contributed by atoms with Gasteiger partial charge in [-0.15, -0.1) is 0 Å². The van der Waals surface area contributed by atoms with Crippen molar-refractivity contribution in [3.63, 3.8) is 0 Å². The van der Waals surface area contributed by atoms with Gasteiger partial charge in [0.15, 0.2) is 5.69 Å². The van der Waals surface area contributed by atoms with E-state index in [2.05, 4.69) is 25.3 Å². The first kappa shape index (κ1) is 27.5. The molecule has 2 aromatic carbocycles. The Morgan fingerprint density at radius 1 is 1.05 bits per heavy atom. The molecule has 0 aliphatic heterocycles. The number of anilines is 1. The van der Waals surface area contributed by atoms with Gasteiger partial charge in [-0.05, 0) is 47.4 Å². The number of carboxylic acid groups (broad SMARTS) is 1. The second-order valence-corrected chi connectivity index (χ2v) is 10.6. The summed E-state index contributed by atoms with van der Waals surface area (Å²) in [5, 5.41) is 15.2. The van der Waals surface area contributed by atoms with Crippen molar-refractivity contribution >= 4 is 27.7 Å². The van der Waals surface area contributed by atoms with Crippen LogP contribution in [0.15, 0.2) is 84.3 Å². The van der Waals surface area contributed by atoms with Gasteiger partial charge >= 0.3 is 12.0 Å². The summed E-state index contributed by atoms with van der Waals surface area (Å²) in [5.74, 6) is -1.28. The molecule has 2 heterocycles. The van der Waals surface area contributed by atoms with Crippen molar-refractivity contribution in [2.24, 2.45) is 7.05 Å². The average molecular weight is 550 g/mol. The van der Waals surface area contributed by atoms with Crippen LogP contribution in [-0.4, -0.2) is 41.5 Å². The Bertz CT molecular complexity index is 1570. The number of hydrogen-bond donors (Lipinski definition) is 5. The molecule has 0 saturated carbocycles. The second kappa shape index (κ2) is 11.9. The van der Waals surface area contributed by atoms with Gasteiger partial charge in [0.05, 0.1) is 19.3 Å². The highest BCUT2D eigenvalue weighted by Gasteiger charge is 2.31. The van der Waals surface area contributed by atoms with Crippen LogP contribution in [0.3, 0.4) is 0 Å². The van der Waals surface area contributed by atoms with Crippen LogP contribution >= 0.6 is 0 Å². The zero-order chi connectivity index (χ0) is 28.0. The molecule has 0 aliphatic carbocycles. The first-order chi connectivity index (χ1) is 18.6. The molecule has 0 radical (unpaired) electrons. The lowest BCUT2D eigenvalue weighted by atomic mass is 10.0. The minimum absolute atomic E-state index is 0.0429. The molecule has 1 atom stereocenters. The van der Waals surface area contributed by atoms with Crippen LogP contribution in [0.1, 0.15) is 17.0 Å². The third-order valence-electron chi connectivity index (χ3n) is 6.11. The number of nitrogens with one attached hydrogen (secondary N) is 4. The number of imidazole rings is 1. The fraction of sp³-hybridized carbons (Fsp3) is 0.185. The second-order valence-electron chi connectivity index (χ2n) is 8.92. The standard InChI is InChI=1S/C27H28N6O5S/c1-18-25(30-17-33(18)2)39(37,38)32-24(26(34)35)14-19-9-11-20(12-10-19)21-6-5-8-22(15-21)31-27(36)29-16-23-7-3-4-13-28-23/h3-13,15,17,24,32H,14,16H2,1-2H3,(H3,29,31,34,35,36)/p+1/t24-/m0/s1. The van der Waals surface area contributed by atoms with Gasteiger partial charge in [0, 0.05) is 18.8 Å². The Morgan fingerprint density at radius 3 is 2.46 bits per heavy atom. The third kappa shape index (κ3) is 7.06. The number of carboxylic acids is 1. The maximum atomic E-state index is 12.8. The van der Waals surface area contributed by atoms with Gasteiger partial charge in [-0.1, -0.05) is 42.5 Å². The molecule has 11 nitrogen and oxygen atoms in total. The highest BCUT2D eigenvalue weighted by Crippen LogP contribution is 2.24. The molecule has 2 amide bonds. The lowest BCUT2D eigenvalue weighted by molar-refractivity contribution is -0.677. The number of sulfonamides is 1. The average Bonchev–Trinajstić information content (AvgIpc) is 3.27. The molecule has 4 rings (SSSR count). The van der Waals surface area contributed by atoms with Gasteiger partial charge in [-0.3, -0.25) is 9.78 Å². The summed E-state index contributed by atoms with van der Waals surface area (Å²) in [6.45, 7) is 1.92. The van der Waals surface area contributed by atoms with Gasteiger partial charge < -0.3 is 15.7 Å². The van der Waals surface area contributed by atoms with E-state index in [0.717, 1.165) is 16.8 Å². The van der Waals surface area contributed by atoms with E-state index in [1.807, 2.05) is 42.5 Å². The van der Waals surface area contributed by atoms with Crippen LogP contribution < -0.4 is 19.9 Å². The fourth-order valence-corrected chi connectivity index (χ4v) is 5.33. The number of urea groups is 1. The van der Waals surface area contributed by atoms with Gasteiger partial charge in [0.25, 0.3) is 15.0 Å². The number of aliphatic carboxylic acids is 1. The summed E-state index contributed by atoms with van der Waals surface area (Å²) in [5.41, 5.74) is 4.13. The van der Waals surface area contributed by atoms with E-state index in [1.54, 1.807) is 49.0 Å². The van der Waals surface area contributed by atoms with Crippen molar-refractivity contribution in [2.75, 3.05) is 5.32 Å². The van der Waals surface area contributed by atoms with Gasteiger partial charge in [-0.2, -0.15) is 4.72 Å². The number of rotatable bonds is 10. The Balaban J connectivity index is 1.40. The minimum atomic E-state index is -4.07. The maximum absolute atomic E-state index is 12.8. The first-order valence-corrected chi connectivity index (χ1v) is 13.5. The molecule has 0 saturated heterocycles. The normalized spacial score (nSPS) is 12.1. The van der Waals surface area contributed by atoms with Gasteiger partial charge in [-0.25, -0.2) is 22.8 Å². The number of amides is 2. The van der Waals surface area contributed by atoms with Gasteiger partial charge in [0.2, 0.25) is 6.33 Å². The highest BCUT2D eigenvalue weighted by molar-refractivity contribution is 7.89. The first-order valence-electron chi connectivity index (χ1n) is 12.1. The molecule has 12 heteroatoms. The Morgan fingerprint density at radius 2 is 1.82 bits per heavy atom. The lowest BCUT2D eigenvalue weighted by Gasteiger charge is -2.14. The van der Waals surface area contributed by atoms with Crippen molar-refractivity contribution in [2.45, 2.75) is 31.0 Å². The summed E-state index contributed by atoms with van der Waals surface area (Å²) in [6.07, 6.45) is 3.10. The predicted octanol–water partition coefficient (Wildman–Crippen LogP) is 2.51. The van der Waals surface area contributed by atoms with Crippen molar-refractivity contribution in [3.8, 4) is 11.1 Å². The Hall–Kier alpha value is -4.55. The van der Waals surface area contributed by atoms with Crippen molar-refractivity contribution in [1.82, 2.24) is 20.0 Å². The van der Waals surface area contributed by atoms with Crippen molar-refractivity contribution in [3.05, 3.63) is 96.2 Å². The molecule has 0 spiro atoms. The largest absolute Gasteiger partial charge is 0.480 e. The van der Waals surface area contributed by atoms with Crippen LogP contribution in [0, 0.1) is 6.92 Å². The molecule has 4 aromatic rings. The van der Waals surface area contributed by atoms with Crippen molar-refractivity contribution < 1.29 is 27.7 Å². The molecular formula is C27H29N6O5S+. The number of aryl methyl sites for hydroxylation is 1. The van der Waals surface area contributed by atoms with E-state index >= 15 is 0 Å². The highest BCUT2D eigenvalue weighted by atomic mass is 32.2. The zero-order valence-corrected chi connectivity index (χ0v) is 22.2. The number of carbonyl (C=O) groups is 2. The monoisotopic (exact) mass is 549 g/mol. The van der Waals surface area contributed by atoms with Crippen LogP contribution in [0.5, 0.6) is 0 Å². The van der Waals surface area contributed by atoms with Crippen LogP contribution in [0.4, 0.5) is 10.5 Å². The maximum Gasteiger partial charge on any atom is 0.322 e. The molecule has 202 valence electrons. The fourth-order valence-electron chi connectivity index (χ4n) is 3.91. The number of H-pyrrole nitrogens is 1. The van der Waals surface area contributed by atoms with Crippen LogP contribution in [0.25, 0.3) is 11.1 Å². The van der Waals surface area contributed by atoms with Crippen LogP contribution in [0.2, 0.25) is 0 Å². The summed E-state index contributed by atoms with van der Waals surface area (Å²) in [6, 6.07) is 18.2. The molecule has 0 aliphatic rings. The zero-order valence-electron chi connectivity index (χ0n) is 21.4. The number of pyridine rings is 1. The molecule has 0 fully saturated rings. The van der Waals surface area contributed by atoms with E-state index in [4.69, 9.17) is 0 Å². The lowest BCUT2D eigenvalue weighted by Crippen LogP contribution is -2.43. The van der Waals surface area contributed by atoms with E-state index in [9.17, 15) is 23.1 Å². The molecular weight excluding hydrogens is 520 g/mol. The predicted molar refractivity (Wildman–Crippen MR) is 144 cm³/mol. The summed E-state index contributed by atoms with van der Waals surface area (Å²) in [7, 11) is -2.38. The van der Waals surface area contributed by atoms with E-state index < -0.39 is 22.0 Å². The number of aromatic nitrogens is 3. The topological polar surface area (TPSA) is 157 Å². The number of aromatic amines is 1. The summed E-state index contributed by atoms with van der Waals surface area (Å²) in [4.78, 5) is 31.0. The van der Waals surface area contributed by atoms with Crippen molar-refractivity contribution in [1.29, 1.82) is 0 Å². The van der Waals surface area contributed by atoms with Gasteiger partial charge in [0.1, 0.15) is 6.04 Å². The number of nitrogens with zero attached hydrogens (tertiary/aromatic N) is 2. The van der Waals surface area contributed by atoms with E-state index in [1.165, 1.54) is 6.33 Å². The molecule has 0 bridgehead atoms. The molecule has 39 heavy (non-hydrogen) atoms.